The summed E-state index contributed by atoms with van der Waals surface area (Å²) in [7, 11) is 0. The molecule has 1 aromatic heterocycles. The summed E-state index contributed by atoms with van der Waals surface area (Å²) in [4.78, 5) is 24.5. The van der Waals surface area contributed by atoms with Gasteiger partial charge in [-0.05, 0) is 28.6 Å². The monoisotopic (exact) mass is 287 g/mol. The summed E-state index contributed by atoms with van der Waals surface area (Å²) in [6, 6.07) is 6.96. The van der Waals surface area contributed by atoms with E-state index in [4.69, 9.17) is 0 Å². The molecule has 9 nitrogen and oxygen atoms in total. The first-order valence-electron chi connectivity index (χ1n) is 6.39. The Morgan fingerprint density at radius 1 is 1.43 bits per heavy atom. The number of amides is 3. The van der Waals surface area contributed by atoms with Crippen LogP contribution in [-0.2, 0) is 4.79 Å². The maximum atomic E-state index is 11.9. The van der Waals surface area contributed by atoms with Gasteiger partial charge in [-0.2, -0.15) is 0 Å². The number of imide groups is 1. The van der Waals surface area contributed by atoms with Gasteiger partial charge < -0.3 is 10.6 Å². The molecule has 3 rings (SSSR count). The van der Waals surface area contributed by atoms with Crippen LogP contribution in [0.2, 0.25) is 0 Å². The van der Waals surface area contributed by atoms with E-state index in [2.05, 4.69) is 26.2 Å². The fourth-order valence-corrected chi connectivity index (χ4v) is 2.02. The molecule has 0 unspecified atom stereocenters. The number of carbonyl (C=O) groups is 2. The number of nitrogens with one attached hydrogen (secondary N) is 2. The van der Waals surface area contributed by atoms with Gasteiger partial charge in [0.2, 0.25) is 5.91 Å². The van der Waals surface area contributed by atoms with Gasteiger partial charge in [0.25, 0.3) is 0 Å². The number of rotatable bonds is 4. The number of anilines is 1. The standard InChI is InChI=1S/C12H13N7O2/c20-11(18-5-4-13-12(18)21)7-14-9-2-1-3-10(6-9)19-8-15-16-17-19/h1-3,6,8,14H,4-5,7H2,(H,13,21). The van der Waals surface area contributed by atoms with Crippen molar-refractivity contribution >= 4 is 17.6 Å². The van der Waals surface area contributed by atoms with Crippen LogP contribution in [0.15, 0.2) is 30.6 Å². The van der Waals surface area contributed by atoms with Gasteiger partial charge in [0, 0.05) is 18.8 Å². The van der Waals surface area contributed by atoms with E-state index in [0.29, 0.717) is 13.1 Å². The van der Waals surface area contributed by atoms with E-state index in [1.54, 1.807) is 0 Å². The summed E-state index contributed by atoms with van der Waals surface area (Å²) in [5, 5.41) is 16.5. The minimum Gasteiger partial charge on any atom is -0.376 e. The summed E-state index contributed by atoms with van der Waals surface area (Å²) in [6.07, 6.45) is 1.48. The van der Waals surface area contributed by atoms with Gasteiger partial charge in [0.15, 0.2) is 0 Å². The van der Waals surface area contributed by atoms with Crippen molar-refractivity contribution in [3.8, 4) is 5.69 Å². The molecule has 1 aliphatic rings. The van der Waals surface area contributed by atoms with Gasteiger partial charge in [0.05, 0.1) is 12.2 Å². The third-order valence-electron chi connectivity index (χ3n) is 3.06. The first-order valence-corrected chi connectivity index (χ1v) is 6.39. The second-order valence-electron chi connectivity index (χ2n) is 4.44. The number of aromatic nitrogens is 4. The molecule has 0 saturated carbocycles. The molecule has 1 aliphatic heterocycles. The average molecular weight is 287 g/mol. The minimum atomic E-state index is -0.343. The lowest BCUT2D eigenvalue weighted by atomic mass is 10.2. The lowest BCUT2D eigenvalue weighted by Gasteiger charge is -2.13. The van der Waals surface area contributed by atoms with Gasteiger partial charge >= 0.3 is 6.03 Å². The fraction of sp³-hybridized carbons (Fsp3) is 0.250. The number of urea groups is 1. The summed E-state index contributed by atoms with van der Waals surface area (Å²) in [5.41, 5.74) is 1.52. The highest BCUT2D eigenvalue weighted by molar-refractivity contribution is 5.97. The van der Waals surface area contributed by atoms with Crippen LogP contribution in [-0.4, -0.2) is 56.7 Å². The zero-order valence-corrected chi connectivity index (χ0v) is 11.1. The van der Waals surface area contributed by atoms with Gasteiger partial charge in [-0.15, -0.1) is 5.10 Å². The highest BCUT2D eigenvalue weighted by atomic mass is 16.2. The predicted octanol–water partition coefficient (Wildman–Crippen LogP) is -0.374. The molecule has 0 spiro atoms. The Kier molecular flexibility index (Phi) is 3.46. The molecule has 21 heavy (non-hydrogen) atoms. The van der Waals surface area contributed by atoms with E-state index in [1.165, 1.54) is 15.9 Å². The van der Waals surface area contributed by atoms with Crippen molar-refractivity contribution in [2.24, 2.45) is 0 Å². The third kappa shape index (κ3) is 2.81. The Bertz CT molecular complexity index is 655. The molecule has 1 saturated heterocycles. The molecular weight excluding hydrogens is 274 g/mol. The molecule has 9 heteroatoms. The number of nitrogens with zero attached hydrogens (tertiary/aromatic N) is 5. The summed E-state index contributed by atoms with van der Waals surface area (Å²) < 4.78 is 1.51. The van der Waals surface area contributed by atoms with Crippen molar-refractivity contribution in [3.05, 3.63) is 30.6 Å². The molecule has 0 aliphatic carbocycles. The maximum Gasteiger partial charge on any atom is 0.324 e. The molecule has 1 aromatic carbocycles. The van der Waals surface area contributed by atoms with Crippen molar-refractivity contribution in [3.63, 3.8) is 0 Å². The van der Waals surface area contributed by atoms with Gasteiger partial charge in [-0.25, -0.2) is 9.48 Å². The van der Waals surface area contributed by atoms with Gasteiger partial charge in [-0.3, -0.25) is 9.69 Å². The van der Waals surface area contributed by atoms with Crippen LogP contribution in [0.4, 0.5) is 10.5 Å². The largest absolute Gasteiger partial charge is 0.376 e. The number of hydrogen-bond acceptors (Lipinski definition) is 6. The SMILES string of the molecule is O=C(CNc1cccc(-n2cnnn2)c1)N1CCNC1=O. The van der Waals surface area contributed by atoms with Crippen LogP contribution in [0.3, 0.4) is 0 Å². The number of benzene rings is 1. The highest BCUT2D eigenvalue weighted by Crippen LogP contribution is 2.13. The second-order valence-corrected chi connectivity index (χ2v) is 4.44. The Labute approximate surface area is 119 Å². The van der Waals surface area contributed by atoms with Crippen LogP contribution < -0.4 is 10.6 Å². The number of hydrogen-bond donors (Lipinski definition) is 2. The molecule has 2 N–H and O–H groups in total. The second kappa shape index (κ2) is 5.57. The fourth-order valence-electron chi connectivity index (χ4n) is 2.02. The Morgan fingerprint density at radius 2 is 2.33 bits per heavy atom. The normalized spacial score (nSPS) is 14.1. The van der Waals surface area contributed by atoms with Crippen LogP contribution in [0.5, 0.6) is 0 Å². The van der Waals surface area contributed by atoms with Crippen molar-refractivity contribution in [2.75, 3.05) is 25.0 Å². The van der Waals surface area contributed by atoms with Crippen LogP contribution in [0.25, 0.3) is 5.69 Å². The van der Waals surface area contributed by atoms with Crippen LogP contribution in [0.1, 0.15) is 0 Å². The van der Waals surface area contributed by atoms with Crippen LogP contribution >= 0.6 is 0 Å². The van der Waals surface area contributed by atoms with E-state index in [1.807, 2.05) is 24.3 Å². The predicted molar refractivity (Wildman–Crippen MR) is 72.8 cm³/mol. The molecule has 108 valence electrons. The first-order chi connectivity index (χ1) is 10.2. The Hall–Kier alpha value is -2.97. The van der Waals surface area contributed by atoms with Gasteiger partial charge in [-0.1, -0.05) is 6.07 Å². The first kappa shape index (κ1) is 13.0. The Morgan fingerprint density at radius 3 is 3.05 bits per heavy atom. The van der Waals surface area contributed by atoms with Crippen molar-refractivity contribution in [1.82, 2.24) is 30.4 Å². The molecule has 0 radical (unpaired) electrons. The van der Waals surface area contributed by atoms with Crippen molar-refractivity contribution in [1.29, 1.82) is 0 Å². The maximum absolute atomic E-state index is 11.9. The molecule has 0 atom stereocenters. The quantitative estimate of drug-likeness (QED) is 0.794. The molecule has 2 aromatic rings. The van der Waals surface area contributed by atoms with Crippen molar-refractivity contribution < 1.29 is 9.59 Å². The summed E-state index contributed by atoms with van der Waals surface area (Å²) in [5.74, 6) is -0.266. The minimum absolute atomic E-state index is 0.0481. The van der Waals surface area contributed by atoms with E-state index in [0.717, 1.165) is 11.4 Å². The van der Waals surface area contributed by atoms with Crippen molar-refractivity contribution in [2.45, 2.75) is 0 Å². The zero-order valence-electron chi connectivity index (χ0n) is 11.1. The average Bonchev–Trinajstić information content (AvgIpc) is 3.16. The van der Waals surface area contributed by atoms with E-state index >= 15 is 0 Å². The third-order valence-corrected chi connectivity index (χ3v) is 3.06. The molecule has 3 amide bonds. The molecular formula is C12H13N7O2. The van der Waals surface area contributed by atoms with E-state index in [9.17, 15) is 9.59 Å². The lowest BCUT2D eigenvalue weighted by molar-refractivity contribution is -0.125. The van der Waals surface area contributed by atoms with E-state index < -0.39 is 0 Å². The molecule has 1 fully saturated rings. The zero-order chi connectivity index (χ0) is 14.7. The molecule has 0 bridgehead atoms. The van der Waals surface area contributed by atoms with Gasteiger partial charge in [0.1, 0.15) is 6.33 Å². The number of tetrazole rings is 1. The van der Waals surface area contributed by atoms with Crippen LogP contribution in [0, 0.1) is 0 Å². The lowest BCUT2D eigenvalue weighted by Crippen LogP contribution is -2.38. The molecule has 2 heterocycles. The number of carbonyl (C=O) groups excluding carboxylic acids is 2. The smallest absolute Gasteiger partial charge is 0.324 e. The highest BCUT2D eigenvalue weighted by Gasteiger charge is 2.25. The van der Waals surface area contributed by atoms with E-state index in [-0.39, 0.29) is 18.5 Å². The topological polar surface area (TPSA) is 105 Å². The summed E-state index contributed by atoms with van der Waals surface area (Å²) >= 11 is 0. The summed E-state index contributed by atoms with van der Waals surface area (Å²) in [6.45, 7) is 0.954. The Balaban J connectivity index is 1.64.